The summed E-state index contributed by atoms with van der Waals surface area (Å²) in [5.74, 6) is -1.24. The molecule has 0 heterocycles. The second-order valence-corrected chi connectivity index (χ2v) is 6.07. The lowest BCUT2D eigenvalue weighted by atomic mass is 10.1. The van der Waals surface area contributed by atoms with Crippen LogP contribution in [0.1, 0.15) is 44.8 Å². The molecule has 0 radical (unpaired) electrons. The first kappa shape index (κ1) is 15.4. The summed E-state index contributed by atoms with van der Waals surface area (Å²) in [5, 5.41) is 10.2. The van der Waals surface area contributed by atoms with Crippen LogP contribution in [-0.4, -0.2) is 29.1 Å². The maximum atomic E-state index is 13.7. The largest absolute Gasteiger partial charge is 0.387 e. The Labute approximate surface area is 119 Å². The van der Waals surface area contributed by atoms with E-state index in [1.54, 1.807) is 0 Å². The molecule has 1 aliphatic rings. The fourth-order valence-electron chi connectivity index (χ4n) is 2.38. The minimum atomic E-state index is -0.974. The lowest BCUT2D eigenvalue weighted by Gasteiger charge is -2.26. The van der Waals surface area contributed by atoms with E-state index in [9.17, 15) is 13.9 Å². The molecule has 0 aromatic heterocycles. The van der Waals surface area contributed by atoms with E-state index < -0.39 is 17.7 Å². The van der Waals surface area contributed by atoms with Crippen molar-refractivity contribution in [2.75, 3.05) is 13.1 Å². The summed E-state index contributed by atoms with van der Waals surface area (Å²) >= 11 is 0. The summed E-state index contributed by atoms with van der Waals surface area (Å²) in [7, 11) is 0. The number of hydrogen-bond acceptors (Lipinski definition) is 2. The SMILES string of the molecule is CC(C)CCN(CC(O)c1cccc(F)c1F)C1CC1. The Hall–Kier alpha value is -1.00. The Bertz CT molecular complexity index is 446. The van der Waals surface area contributed by atoms with Crippen LogP contribution in [0.5, 0.6) is 0 Å². The van der Waals surface area contributed by atoms with Gasteiger partial charge in [0.2, 0.25) is 0 Å². The first-order chi connectivity index (χ1) is 9.49. The third-order valence-electron chi connectivity index (χ3n) is 3.80. The minimum Gasteiger partial charge on any atom is -0.387 e. The molecule has 1 N–H and O–H groups in total. The maximum absolute atomic E-state index is 13.7. The fraction of sp³-hybridized carbons (Fsp3) is 0.625. The number of aliphatic hydroxyl groups is 1. The molecule has 1 fully saturated rings. The van der Waals surface area contributed by atoms with Crippen LogP contribution in [0.15, 0.2) is 18.2 Å². The smallest absolute Gasteiger partial charge is 0.164 e. The van der Waals surface area contributed by atoms with Crippen LogP contribution in [-0.2, 0) is 0 Å². The highest BCUT2D eigenvalue weighted by atomic mass is 19.2. The van der Waals surface area contributed by atoms with Gasteiger partial charge in [-0.25, -0.2) is 8.78 Å². The average Bonchev–Trinajstić information content (AvgIpc) is 3.21. The van der Waals surface area contributed by atoms with Gasteiger partial charge in [-0.1, -0.05) is 26.0 Å². The first-order valence-corrected chi connectivity index (χ1v) is 7.35. The molecule has 1 aliphatic carbocycles. The molecule has 0 saturated heterocycles. The van der Waals surface area contributed by atoms with Crippen molar-refractivity contribution >= 4 is 0 Å². The predicted octanol–water partition coefficient (Wildman–Crippen LogP) is 3.51. The maximum Gasteiger partial charge on any atom is 0.164 e. The molecule has 2 rings (SSSR count). The molecule has 20 heavy (non-hydrogen) atoms. The van der Waals surface area contributed by atoms with E-state index in [4.69, 9.17) is 0 Å². The Morgan fingerprint density at radius 2 is 2.00 bits per heavy atom. The van der Waals surface area contributed by atoms with Gasteiger partial charge in [-0.15, -0.1) is 0 Å². The molecule has 1 saturated carbocycles. The summed E-state index contributed by atoms with van der Waals surface area (Å²) in [6, 6.07) is 4.46. The topological polar surface area (TPSA) is 23.5 Å². The number of nitrogens with zero attached hydrogens (tertiary/aromatic N) is 1. The molecule has 1 aromatic carbocycles. The summed E-state index contributed by atoms with van der Waals surface area (Å²) < 4.78 is 26.9. The number of aliphatic hydroxyl groups excluding tert-OH is 1. The van der Waals surface area contributed by atoms with Gasteiger partial charge >= 0.3 is 0 Å². The third-order valence-corrected chi connectivity index (χ3v) is 3.80. The quantitative estimate of drug-likeness (QED) is 0.828. The molecular weight excluding hydrogens is 260 g/mol. The van der Waals surface area contributed by atoms with Crippen molar-refractivity contribution in [3.63, 3.8) is 0 Å². The number of hydrogen-bond donors (Lipinski definition) is 1. The van der Waals surface area contributed by atoms with Crippen LogP contribution in [0.3, 0.4) is 0 Å². The summed E-state index contributed by atoms with van der Waals surface area (Å²) in [4.78, 5) is 2.20. The lowest BCUT2D eigenvalue weighted by Crippen LogP contribution is -2.32. The van der Waals surface area contributed by atoms with E-state index >= 15 is 0 Å². The van der Waals surface area contributed by atoms with Crippen molar-refractivity contribution in [2.24, 2.45) is 5.92 Å². The molecule has 1 unspecified atom stereocenters. The van der Waals surface area contributed by atoms with Crippen LogP contribution in [0.25, 0.3) is 0 Å². The van der Waals surface area contributed by atoms with Crippen LogP contribution < -0.4 is 0 Å². The molecule has 0 spiro atoms. The van der Waals surface area contributed by atoms with E-state index in [2.05, 4.69) is 18.7 Å². The monoisotopic (exact) mass is 283 g/mol. The molecule has 0 bridgehead atoms. The summed E-state index contributed by atoms with van der Waals surface area (Å²) in [6.07, 6.45) is 2.35. The van der Waals surface area contributed by atoms with Crippen LogP contribution in [0.2, 0.25) is 0 Å². The van der Waals surface area contributed by atoms with E-state index in [1.165, 1.54) is 12.1 Å². The van der Waals surface area contributed by atoms with Crippen molar-refractivity contribution in [1.82, 2.24) is 4.90 Å². The zero-order valence-electron chi connectivity index (χ0n) is 12.1. The van der Waals surface area contributed by atoms with Crippen LogP contribution in [0, 0.1) is 17.6 Å². The number of benzene rings is 1. The van der Waals surface area contributed by atoms with Gasteiger partial charge in [0.15, 0.2) is 11.6 Å². The molecule has 2 nitrogen and oxygen atoms in total. The zero-order chi connectivity index (χ0) is 14.7. The second kappa shape index (κ2) is 6.64. The van der Waals surface area contributed by atoms with E-state index in [-0.39, 0.29) is 5.56 Å². The van der Waals surface area contributed by atoms with Gasteiger partial charge in [0.25, 0.3) is 0 Å². The van der Waals surface area contributed by atoms with Gasteiger partial charge in [-0.2, -0.15) is 0 Å². The van der Waals surface area contributed by atoms with Crippen molar-refractivity contribution < 1.29 is 13.9 Å². The Morgan fingerprint density at radius 1 is 1.30 bits per heavy atom. The summed E-state index contributed by atoms with van der Waals surface area (Å²) in [6.45, 7) is 5.59. The van der Waals surface area contributed by atoms with Gasteiger partial charge in [-0.3, -0.25) is 4.90 Å². The van der Waals surface area contributed by atoms with Crippen LogP contribution in [0.4, 0.5) is 8.78 Å². The van der Waals surface area contributed by atoms with E-state index in [1.807, 2.05) is 0 Å². The normalized spacial score (nSPS) is 16.9. The number of rotatable bonds is 7. The van der Waals surface area contributed by atoms with Crippen molar-refractivity contribution in [1.29, 1.82) is 0 Å². The van der Waals surface area contributed by atoms with Gasteiger partial charge in [0.1, 0.15) is 0 Å². The van der Waals surface area contributed by atoms with Gasteiger partial charge in [0, 0.05) is 18.2 Å². The van der Waals surface area contributed by atoms with Crippen molar-refractivity contribution in [2.45, 2.75) is 45.3 Å². The van der Waals surface area contributed by atoms with Gasteiger partial charge in [-0.05, 0) is 37.8 Å². The standard InChI is InChI=1S/C16H23F2NO/c1-11(2)8-9-19(12-6-7-12)10-15(20)13-4-3-5-14(17)16(13)18/h3-5,11-12,15,20H,6-10H2,1-2H3. The minimum absolute atomic E-state index is 0.0557. The summed E-state index contributed by atoms with van der Waals surface area (Å²) in [5.41, 5.74) is 0.0557. The molecule has 0 aliphatic heterocycles. The Kier molecular flexibility index (Phi) is 5.11. The lowest BCUT2D eigenvalue weighted by molar-refractivity contribution is 0.102. The average molecular weight is 283 g/mol. The third kappa shape index (κ3) is 4.00. The van der Waals surface area contributed by atoms with E-state index in [0.29, 0.717) is 18.5 Å². The zero-order valence-corrected chi connectivity index (χ0v) is 12.1. The molecule has 4 heteroatoms. The van der Waals surface area contributed by atoms with Crippen molar-refractivity contribution in [3.8, 4) is 0 Å². The molecule has 112 valence electrons. The molecule has 1 aromatic rings. The fourth-order valence-corrected chi connectivity index (χ4v) is 2.38. The van der Waals surface area contributed by atoms with Crippen molar-refractivity contribution in [3.05, 3.63) is 35.4 Å². The van der Waals surface area contributed by atoms with Gasteiger partial charge < -0.3 is 5.11 Å². The van der Waals surface area contributed by atoms with E-state index in [0.717, 1.165) is 31.9 Å². The molecule has 1 atom stereocenters. The highest BCUT2D eigenvalue weighted by Gasteiger charge is 2.31. The van der Waals surface area contributed by atoms with Gasteiger partial charge in [0.05, 0.1) is 6.10 Å². The molecular formula is C16H23F2NO. The number of halogens is 2. The Balaban J connectivity index is 2.00. The second-order valence-electron chi connectivity index (χ2n) is 6.07. The highest BCUT2D eigenvalue weighted by molar-refractivity contribution is 5.21. The Morgan fingerprint density at radius 3 is 2.60 bits per heavy atom. The first-order valence-electron chi connectivity index (χ1n) is 7.35. The van der Waals surface area contributed by atoms with Crippen LogP contribution >= 0.6 is 0 Å². The highest BCUT2D eigenvalue weighted by Crippen LogP contribution is 2.30. The molecule has 0 amide bonds. The predicted molar refractivity (Wildman–Crippen MR) is 75.4 cm³/mol.